The predicted octanol–water partition coefficient (Wildman–Crippen LogP) is 5.28. The summed E-state index contributed by atoms with van der Waals surface area (Å²) in [6, 6.07) is 12.0. The van der Waals surface area contributed by atoms with Crippen molar-refractivity contribution in [3.63, 3.8) is 0 Å². The molecule has 0 spiro atoms. The second-order valence-electron chi connectivity index (χ2n) is 9.19. The molecule has 6 nitrogen and oxygen atoms in total. The third-order valence-electron chi connectivity index (χ3n) is 6.71. The Bertz CT molecular complexity index is 1250. The van der Waals surface area contributed by atoms with Crippen molar-refractivity contribution in [3.05, 3.63) is 64.3 Å². The number of hydrogen-bond acceptors (Lipinski definition) is 5. The van der Waals surface area contributed by atoms with Crippen LogP contribution in [0.4, 0.5) is 15.2 Å². The monoisotopic (exact) mass is 492 g/mol. The molecule has 5 rings (SSSR count). The van der Waals surface area contributed by atoms with E-state index in [0.717, 1.165) is 53.3 Å². The van der Waals surface area contributed by atoms with Gasteiger partial charge >= 0.3 is 0 Å². The Hall–Kier alpha value is -3.10. The fraction of sp³-hybridized carbons (Fsp3) is 0.370. The number of rotatable bonds is 5. The zero-order valence-electron chi connectivity index (χ0n) is 19.8. The lowest BCUT2D eigenvalue weighted by molar-refractivity contribution is -0.117. The summed E-state index contributed by atoms with van der Waals surface area (Å²) in [5, 5.41) is 3.58. The van der Waals surface area contributed by atoms with Crippen LogP contribution in [0.15, 0.2) is 42.5 Å². The third-order valence-corrected chi connectivity index (χ3v) is 7.59. The average molecular weight is 493 g/mol. The Morgan fingerprint density at radius 3 is 2.60 bits per heavy atom. The standard InChI is InChI=1S/C27H29FN4O2S/c1-18-25(30-27(35-18)29-24(33)17-31-13-6-2-3-7-14-31)20-10-11-23-19(16-20)12-15-32(23)26(34)21-8-4-5-9-22(21)28/h4-5,8-11,16H,2-3,6-7,12-15,17H2,1H3,(H,29,30,33). The van der Waals surface area contributed by atoms with Crippen molar-refractivity contribution >= 4 is 34.0 Å². The Morgan fingerprint density at radius 2 is 1.83 bits per heavy atom. The quantitative estimate of drug-likeness (QED) is 0.527. The summed E-state index contributed by atoms with van der Waals surface area (Å²) in [6.07, 6.45) is 5.48. The van der Waals surface area contributed by atoms with Crippen molar-refractivity contribution in [2.45, 2.75) is 39.0 Å². The molecule has 0 bridgehead atoms. The van der Waals surface area contributed by atoms with Gasteiger partial charge < -0.3 is 10.2 Å². The molecule has 35 heavy (non-hydrogen) atoms. The molecular weight excluding hydrogens is 463 g/mol. The van der Waals surface area contributed by atoms with Crippen molar-refractivity contribution in [2.24, 2.45) is 0 Å². The number of nitrogens with one attached hydrogen (secondary N) is 1. The van der Waals surface area contributed by atoms with E-state index in [-0.39, 0.29) is 17.4 Å². The molecular formula is C27H29FN4O2S. The van der Waals surface area contributed by atoms with Crippen molar-refractivity contribution in [1.29, 1.82) is 0 Å². The van der Waals surface area contributed by atoms with E-state index in [4.69, 9.17) is 4.98 Å². The molecule has 0 radical (unpaired) electrons. The van der Waals surface area contributed by atoms with E-state index >= 15 is 0 Å². The number of nitrogens with zero attached hydrogens (tertiary/aromatic N) is 3. The van der Waals surface area contributed by atoms with Gasteiger partial charge in [0.05, 0.1) is 17.8 Å². The average Bonchev–Trinajstić information content (AvgIpc) is 3.33. The molecule has 0 saturated carbocycles. The van der Waals surface area contributed by atoms with Gasteiger partial charge in [0.2, 0.25) is 5.91 Å². The van der Waals surface area contributed by atoms with E-state index in [0.29, 0.717) is 24.6 Å². The zero-order chi connectivity index (χ0) is 24.4. The molecule has 0 atom stereocenters. The fourth-order valence-corrected chi connectivity index (χ4v) is 5.77. The van der Waals surface area contributed by atoms with E-state index in [1.807, 2.05) is 19.1 Å². The minimum atomic E-state index is -0.508. The third kappa shape index (κ3) is 5.13. The fourth-order valence-electron chi connectivity index (χ4n) is 4.91. The van der Waals surface area contributed by atoms with Gasteiger partial charge in [-0.2, -0.15) is 0 Å². The summed E-state index contributed by atoms with van der Waals surface area (Å²) in [4.78, 5) is 35.1. The van der Waals surface area contributed by atoms with Crippen LogP contribution in [0.5, 0.6) is 0 Å². The Morgan fingerprint density at radius 1 is 1.06 bits per heavy atom. The minimum Gasteiger partial charge on any atom is -0.308 e. The topological polar surface area (TPSA) is 65.5 Å². The van der Waals surface area contributed by atoms with Gasteiger partial charge in [0.25, 0.3) is 5.91 Å². The Labute approximate surface area is 208 Å². The second kappa shape index (κ2) is 10.3. The van der Waals surface area contributed by atoms with Crippen LogP contribution in [0.2, 0.25) is 0 Å². The number of fused-ring (bicyclic) bond motifs is 1. The van der Waals surface area contributed by atoms with Crippen LogP contribution in [-0.2, 0) is 11.2 Å². The summed E-state index contributed by atoms with van der Waals surface area (Å²) >= 11 is 1.47. The molecule has 1 saturated heterocycles. The smallest absolute Gasteiger partial charge is 0.261 e. The first-order chi connectivity index (χ1) is 17.0. The highest BCUT2D eigenvalue weighted by atomic mass is 32.1. The molecule has 2 aromatic carbocycles. The first-order valence-electron chi connectivity index (χ1n) is 12.2. The number of carbonyl (C=O) groups is 2. The first kappa shape index (κ1) is 23.6. The van der Waals surface area contributed by atoms with Crippen LogP contribution in [-0.4, -0.2) is 47.9 Å². The van der Waals surface area contributed by atoms with Gasteiger partial charge in [-0.3, -0.25) is 14.5 Å². The van der Waals surface area contributed by atoms with E-state index < -0.39 is 5.82 Å². The molecule has 0 aliphatic carbocycles. The number of thiazole rings is 1. The summed E-state index contributed by atoms with van der Waals surface area (Å²) in [5.41, 5.74) is 3.71. The van der Waals surface area contributed by atoms with E-state index in [1.54, 1.807) is 17.0 Å². The van der Waals surface area contributed by atoms with E-state index in [9.17, 15) is 14.0 Å². The molecule has 3 heterocycles. The lowest BCUT2D eigenvalue weighted by Crippen LogP contribution is -2.33. The molecule has 1 N–H and O–H groups in total. The Balaban J connectivity index is 1.30. The number of halogens is 1. The number of amides is 2. The predicted molar refractivity (Wildman–Crippen MR) is 138 cm³/mol. The maximum atomic E-state index is 14.2. The SMILES string of the molecule is Cc1sc(NC(=O)CN2CCCCCC2)nc1-c1ccc2c(c1)CCN2C(=O)c1ccccc1F. The molecule has 2 amide bonds. The maximum Gasteiger partial charge on any atom is 0.261 e. The van der Waals surface area contributed by atoms with Crippen LogP contribution in [0.25, 0.3) is 11.3 Å². The van der Waals surface area contributed by atoms with Crippen molar-refractivity contribution in [1.82, 2.24) is 9.88 Å². The molecule has 0 unspecified atom stereocenters. The molecule has 1 aromatic heterocycles. The van der Waals surface area contributed by atoms with Gasteiger partial charge in [-0.05, 0) is 69.1 Å². The van der Waals surface area contributed by atoms with Gasteiger partial charge in [0.1, 0.15) is 5.82 Å². The molecule has 182 valence electrons. The van der Waals surface area contributed by atoms with Gasteiger partial charge in [-0.1, -0.05) is 31.0 Å². The van der Waals surface area contributed by atoms with Gasteiger partial charge in [-0.15, -0.1) is 11.3 Å². The van der Waals surface area contributed by atoms with Crippen LogP contribution in [0.3, 0.4) is 0 Å². The van der Waals surface area contributed by atoms with Gasteiger partial charge in [0.15, 0.2) is 5.13 Å². The van der Waals surface area contributed by atoms with Crippen molar-refractivity contribution in [3.8, 4) is 11.3 Å². The highest BCUT2D eigenvalue weighted by Gasteiger charge is 2.28. The lowest BCUT2D eigenvalue weighted by Gasteiger charge is -2.18. The summed E-state index contributed by atoms with van der Waals surface area (Å²) < 4.78 is 14.2. The minimum absolute atomic E-state index is 0.0246. The van der Waals surface area contributed by atoms with Gasteiger partial charge in [0, 0.05) is 22.7 Å². The number of carbonyl (C=O) groups excluding carboxylic acids is 2. The highest BCUT2D eigenvalue weighted by molar-refractivity contribution is 7.16. The van der Waals surface area contributed by atoms with Crippen LogP contribution in [0, 0.1) is 12.7 Å². The number of anilines is 2. The van der Waals surface area contributed by atoms with E-state index in [2.05, 4.69) is 16.3 Å². The molecule has 3 aromatic rings. The maximum absolute atomic E-state index is 14.2. The highest BCUT2D eigenvalue weighted by Crippen LogP contribution is 2.36. The number of aromatic nitrogens is 1. The van der Waals surface area contributed by atoms with Crippen molar-refractivity contribution in [2.75, 3.05) is 36.4 Å². The first-order valence-corrected chi connectivity index (χ1v) is 13.0. The largest absolute Gasteiger partial charge is 0.308 e. The van der Waals surface area contributed by atoms with Crippen LogP contribution < -0.4 is 10.2 Å². The summed E-state index contributed by atoms with van der Waals surface area (Å²) in [6.45, 7) is 4.86. The van der Waals surface area contributed by atoms with Gasteiger partial charge in [-0.25, -0.2) is 9.37 Å². The van der Waals surface area contributed by atoms with E-state index in [1.165, 1.54) is 36.3 Å². The number of likely N-dealkylation sites (tertiary alicyclic amines) is 1. The number of hydrogen-bond donors (Lipinski definition) is 1. The summed E-state index contributed by atoms with van der Waals surface area (Å²) in [7, 11) is 0. The van der Waals surface area contributed by atoms with Crippen LogP contribution >= 0.6 is 11.3 Å². The summed E-state index contributed by atoms with van der Waals surface area (Å²) in [5.74, 6) is -0.858. The Kier molecular flexibility index (Phi) is 6.92. The second-order valence-corrected chi connectivity index (χ2v) is 10.4. The molecule has 1 fully saturated rings. The number of aryl methyl sites for hydroxylation is 1. The lowest BCUT2D eigenvalue weighted by atomic mass is 10.1. The molecule has 2 aliphatic rings. The van der Waals surface area contributed by atoms with Crippen molar-refractivity contribution < 1.29 is 14.0 Å². The zero-order valence-corrected chi connectivity index (χ0v) is 20.7. The molecule has 2 aliphatic heterocycles. The number of benzene rings is 2. The normalized spacial score (nSPS) is 16.1. The van der Waals surface area contributed by atoms with Crippen LogP contribution in [0.1, 0.15) is 46.5 Å². The molecule has 8 heteroatoms.